The Bertz CT molecular complexity index is 774. The monoisotopic (exact) mass is 336 g/mol. The lowest BCUT2D eigenvalue weighted by Gasteiger charge is -2.35. The van der Waals surface area contributed by atoms with Crippen LogP contribution in [0.15, 0.2) is 48.5 Å². The van der Waals surface area contributed by atoms with E-state index in [1.165, 1.54) is 11.1 Å². The second kappa shape index (κ2) is 6.89. The first kappa shape index (κ1) is 16.2. The molecule has 0 saturated heterocycles. The van der Waals surface area contributed by atoms with Crippen LogP contribution in [0.5, 0.6) is 5.75 Å². The number of hydrogen-bond acceptors (Lipinski definition) is 3. The van der Waals surface area contributed by atoms with Gasteiger partial charge in [0.2, 0.25) is 5.91 Å². The molecule has 0 unspecified atom stereocenters. The number of fused-ring (bicyclic) bond motifs is 2. The minimum Gasteiger partial charge on any atom is -0.493 e. The number of amides is 1. The van der Waals surface area contributed by atoms with E-state index in [-0.39, 0.29) is 11.9 Å². The maximum atomic E-state index is 12.9. The summed E-state index contributed by atoms with van der Waals surface area (Å²) < 4.78 is 5.72. The Labute approximate surface area is 149 Å². The number of carbonyl (C=O) groups excluding carboxylic acids is 1. The molecule has 2 aliphatic rings. The molecule has 2 heterocycles. The van der Waals surface area contributed by atoms with Crippen molar-refractivity contribution in [1.82, 2.24) is 9.80 Å². The molecule has 0 aliphatic carbocycles. The molecule has 2 aliphatic heterocycles. The Morgan fingerprint density at radius 3 is 2.80 bits per heavy atom. The van der Waals surface area contributed by atoms with E-state index < -0.39 is 0 Å². The average molecular weight is 336 g/mol. The first-order valence-corrected chi connectivity index (χ1v) is 8.99. The van der Waals surface area contributed by atoms with Gasteiger partial charge in [0, 0.05) is 32.1 Å². The van der Waals surface area contributed by atoms with Gasteiger partial charge in [-0.3, -0.25) is 9.69 Å². The van der Waals surface area contributed by atoms with Gasteiger partial charge >= 0.3 is 0 Å². The molecule has 0 radical (unpaired) electrons. The molecule has 25 heavy (non-hydrogen) atoms. The summed E-state index contributed by atoms with van der Waals surface area (Å²) in [5, 5.41) is 0. The Hall–Kier alpha value is -2.33. The first-order valence-electron chi connectivity index (χ1n) is 8.99. The van der Waals surface area contributed by atoms with Crippen LogP contribution in [-0.4, -0.2) is 42.5 Å². The number of ether oxygens (including phenoxy) is 1. The summed E-state index contributed by atoms with van der Waals surface area (Å²) in [6.45, 7) is 2.95. The highest BCUT2D eigenvalue weighted by molar-refractivity contribution is 5.78. The van der Waals surface area contributed by atoms with Gasteiger partial charge in [0.25, 0.3) is 0 Å². The van der Waals surface area contributed by atoms with Crippen LogP contribution >= 0.6 is 0 Å². The molecule has 2 aromatic rings. The molecule has 1 atom stereocenters. The molecule has 2 aromatic carbocycles. The van der Waals surface area contributed by atoms with E-state index in [0.29, 0.717) is 13.2 Å². The van der Waals surface area contributed by atoms with Crippen molar-refractivity contribution in [3.05, 3.63) is 65.2 Å². The van der Waals surface area contributed by atoms with Crippen molar-refractivity contribution in [1.29, 1.82) is 0 Å². The van der Waals surface area contributed by atoms with Crippen molar-refractivity contribution in [2.75, 3.05) is 26.7 Å². The van der Waals surface area contributed by atoms with Crippen LogP contribution in [0.25, 0.3) is 0 Å². The van der Waals surface area contributed by atoms with E-state index in [9.17, 15) is 4.79 Å². The Kier molecular flexibility index (Phi) is 4.45. The summed E-state index contributed by atoms with van der Waals surface area (Å²) in [6, 6.07) is 16.7. The Morgan fingerprint density at radius 1 is 1.16 bits per heavy atom. The van der Waals surface area contributed by atoms with E-state index in [4.69, 9.17) is 4.74 Å². The summed E-state index contributed by atoms with van der Waals surface area (Å²) >= 11 is 0. The van der Waals surface area contributed by atoms with Gasteiger partial charge in [0.05, 0.1) is 19.2 Å². The van der Waals surface area contributed by atoms with E-state index in [1.807, 2.05) is 30.1 Å². The highest BCUT2D eigenvalue weighted by Crippen LogP contribution is 2.35. The molecule has 0 bridgehead atoms. The quantitative estimate of drug-likeness (QED) is 0.864. The third-order valence-electron chi connectivity index (χ3n) is 5.36. The standard InChI is InChI=1S/C21H24N2O2/c1-22(19-11-13-25-20-9-5-4-8-18(19)20)21(24)15-23-12-10-16-6-2-3-7-17(16)14-23/h2-9,19H,10-15H2,1H3/t19-/m0/s1. The lowest BCUT2D eigenvalue weighted by atomic mass is 9.98. The highest BCUT2D eigenvalue weighted by Gasteiger charge is 2.29. The normalized spacial score (nSPS) is 19.5. The number of nitrogens with zero attached hydrogens (tertiary/aromatic N) is 2. The van der Waals surface area contributed by atoms with Crippen molar-refractivity contribution in [2.45, 2.75) is 25.4 Å². The molecule has 4 rings (SSSR count). The molecule has 4 nitrogen and oxygen atoms in total. The summed E-state index contributed by atoms with van der Waals surface area (Å²) in [5.41, 5.74) is 3.88. The number of benzene rings is 2. The minimum absolute atomic E-state index is 0.106. The molecule has 1 amide bonds. The van der Waals surface area contributed by atoms with Crippen LogP contribution in [0.1, 0.15) is 29.2 Å². The predicted molar refractivity (Wildman–Crippen MR) is 97.5 cm³/mol. The number of carbonyl (C=O) groups is 1. The van der Waals surface area contributed by atoms with Gasteiger partial charge in [-0.1, -0.05) is 42.5 Å². The van der Waals surface area contributed by atoms with Crippen molar-refractivity contribution < 1.29 is 9.53 Å². The number of para-hydroxylation sites is 1. The summed E-state index contributed by atoms with van der Waals surface area (Å²) in [6.07, 6.45) is 1.87. The smallest absolute Gasteiger partial charge is 0.237 e. The van der Waals surface area contributed by atoms with E-state index in [1.54, 1.807) is 0 Å². The number of hydrogen-bond donors (Lipinski definition) is 0. The fourth-order valence-corrected chi connectivity index (χ4v) is 3.89. The molecular formula is C21H24N2O2. The lowest BCUT2D eigenvalue weighted by Crippen LogP contribution is -2.42. The molecular weight excluding hydrogens is 312 g/mol. The van der Waals surface area contributed by atoms with Gasteiger partial charge in [-0.2, -0.15) is 0 Å². The van der Waals surface area contributed by atoms with Crippen LogP contribution in [0.2, 0.25) is 0 Å². The van der Waals surface area contributed by atoms with E-state index in [2.05, 4.69) is 35.2 Å². The minimum atomic E-state index is 0.106. The lowest BCUT2D eigenvalue weighted by molar-refractivity contribution is -0.134. The van der Waals surface area contributed by atoms with Crippen LogP contribution in [0.3, 0.4) is 0 Å². The number of likely N-dealkylation sites (N-methyl/N-ethyl adjacent to an activating group) is 1. The zero-order valence-corrected chi connectivity index (χ0v) is 14.6. The molecule has 0 saturated carbocycles. The predicted octanol–water partition coefficient (Wildman–Crippen LogP) is 3.03. The molecule has 0 aromatic heterocycles. The second-order valence-electron chi connectivity index (χ2n) is 6.92. The van der Waals surface area contributed by atoms with Gasteiger partial charge in [-0.25, -0.2) is 0 Å². The van der Waals surface area contributed by atoms with Gasteiger partial charge in [-0.15, -0.1) is 0 Å². The largest absolute Gasteiger partial charge is 0.493 e. The molecule has 0 spiro atoms. The van der Waals surface area contributed by atoms with E-state index in [0.717, 1.165) is 37.2 Å². The zero-order chi connectivity index (χ0) is 17.2. The van der Waals surface area contributed by atoms with Crippen molar-refractivity contribution in [3.8, 4) is 5.75 Å². The van der Waals surface area contributed by atoms with Crippen LogP contribution in [0.4, 0.5) is 0 Å². The van der Waals surface area contributed by atoms with Gasteiger partial charge < -0.3 is 9.64 Å². The van der Waals surface area contributed by atoms with Crippen LogP contribution < -0.4 is 4.74 Å². The Balaban J connectivity index is 1.44. The maximum absolute atomic E-state index is 12.9. The van der Waals surface area contributed by atoms with Gasteiger partial charge in [0.1, 0.15) is 5.75 Å². The molecule has 0 fully saturated rings. The van der Waals surface area contributed by atoms with Crippen LogP contribution in [0, 0.1) is 0 Å². The summed E-state index contributed by atoms with van der Waals surface area (Å²) in [5.74, 6) is 1.09. The fraction of sp³-hybridized carbons (Fsp3) is 0.381. The van der Waals surface area contributed by atoms with Crippen LogP contribution in [-0.2, 0) is 17.8 Å². The highest BCUT2D eigenvalue weighted by atomic mass is 16.5. The Morgan fingerprint density at radius 2 is 1.92 bits per heavy atom. The topological polar surface area (TPSA) is 32.8 Å². The first-order chi connectivity index (χ1) is 12.2. The van der Waals surface area contributed by atoms with E-state index >= 15 is 0 Å². The molecule has 0 N–H and O–H groups in total. The SMILES string of the molecule is CN(C(=O)CN1CCc2ccccc2C1)[C@H]1CCOc2ccccc21. The zero-order valence-electron chi connectivity index (χ0n) is 14.6. The van der Waals surface area contributed by atoms with Crippen molar-refractivity contribution in [3.63, 3.8) is 0 Å². The summed E-state index contributed by atoms with van der Waals surface area (Å²) in [7, 11) is 1.92. The average Bonchev–Trinajstić information content (AvgIpc) is 2.67. The molecule has 4 heteroatoms. The maximum Gasteiger partial charge on any atom is 0.237 e. The molecule has 130 valence electrons. The summed E-state index contributed by atoms with van der Waals surface area (Å²) in [4.78, 5) is 17.0. The number of rotatable bonds is 3. The van der Waals surface area contributed by atoms with Gasteiger partial charge in [-0.05, 0) is 23.6 Å². The van der Waals surface area contributed by atoms with Crippen molar-refractivity contribution in [2.24, 2.45) is 0 Å². The van der Waals surface area contributed by atoms with Crippen molar-refractivity contribution >= 4 is 5.91 Å². The third kappa shape index (κ3) is 3.27. The van der Waals surface area contributed by atoms with Gasteiger partial charge in [0.15, 0.2) is 0 Å². The fourth-order valence-electron chi connectivity index (χ4n) is 3.89. The second-order valence-corrected chi connectivity index (χ2v) is 6.92. The third-order valence-corrected chi connectivity index (χ3v) is 5.36.